The summed E-state index contributed by atoms with van der Waals surface area (Å²) in [5.74, 6) is -1.73. The molecule has 3 unspecified atom stereocenters. The Bertz CT molecular complexity index is 446. The standard InChI is InChI=1S/C13H20F3NO5/c1-11(2,3)22-10(21)17-7-4-5-12(6-7,9(19)20)8(18)13(14,15)16/h7-8,18H,4-6H2,1-3H3,(H,17,21)(H,19,20). The highest BCUT2D eigenvalue weighted by Gasteiger charge is 2.60. The van der Waals surface area contributed by atoms with E-state index in [2.05, 4.69) is 5.32 Å². The third kappa shape index (κ3) is 4.25. The quantitative estimate of drug-likeness (QED) is 0.737. The van der Waals surface area contributed by atoms with Gasteiger partial charge in [-0.25, -0.2) is 4.79 Å². The van der Waals surface area contributed by atoms with Crippen LogP contribution < -0.4 is 5.32 Å². The Morgan fingerprint density at radius 1 is 1.32 bits per heavy atom. The Labute approximate surface area is 125 Å². The molecule has 1 rings (SSSR count). The minimum absolute atomic E-state index is 0.0126. The zero-order valence-corrected chi connectivity index (χ0v) is 12.5. The van der Waals surface area contributed by atoms with Gasteiger partial charge in [0.05, 0.1) is 0 Å². The van der Waals surface area contributed by atoms with Crippen LogP contribution in [0.25, 0.3) is 0 Å². The number of amides is 1. The number of ether oxygens (including phenoxy) is 1. The highest BCUT2D eigenvalue weighted by Crippen LogP contribution is 2.46. The monoisotopic (exact) mass is 327 g/mol. The highest BCUT2D eigenvalue weighted by molar-refractivity contribution is 5.76. The third-order valence-corrected chi connectivity index (χ3v) is 3.53. The van der Waals surface area contributed by atoms with E-state index in [1.54, 1.807) is 20.8 Å². The summed E-state index contributed by atoms with van der Waals surface area (Å²) in [6, 6.07) is -0.803. The Balaban J connectivity index is 2.80. The molecule has 6 nitrogen and oxygen atoms in total. The molecule has 0 aromatic carbocycles. The van der Waals surface area contributed by atoms with Gasteiger partial charge in [-0.15, -0.1) is 0 Å². The SMILES string of the molecule is CC(C)(C)OC(=O)NC1CCC(C(=O)O)(C(O)C(F)(F)F)C1. The van der Waals surface area contributed by atoms with Crippen molar-refractivity contribution >= 4 is 12.1 Å². The fraction of sp³-hybridized carbons (Fsp3) is 0.846. The minimum atomic E-state index is -5.04. The van der Waals surface area contributed by atoms with Crippen LogP contribution in [0.4, 0.5) is 18.0 Å². The summed E-state index contributed by atoms with van der Waals surface area (Å²) in [5, 5.41) is 20.9. The second-order valence-electron chi connectivity index (χ2n) is 6.49. The number of hydrogen-bond acceptors (Lipinski definition) is 4. The van der Waals surface area contributed by atoms with Gasteiger partial charge >= 0.3 is 18.2 Å². The van der Waals surface area contributed by atoms with E-state index < -0.39 is 47.8 Å². The lowest BCUT2D eigenvalue weighted by Gasteiger charge is -2.31. The number of alkyl halides is 3. The topological polar surface area (TPSA) is 95.9 Å². The van der Waals surface area contributed by atoms with E-state index in [4.69, 9.17) is 9.84 Å². The predicted octanol–water partition coefficient (Wildman–Crippen LogP) is 2.06. The number of aliphatic hydroxyl groups excluding tert-OH is 1. The van der Waals surface area contributed by atoms with Crippen LogP contribution in [0, 0.1) is 5.41 Å². The largest absolute Gasteiger partial charge is 0.481 e. The molecule has 0 radical (unpaired) electrons. The molecule has 1 aliphatic carbocycles. The summed E-state index contributed by atoms with van der Waals surface area (Å²) >= 11 is 0. The molecule has 0 aromatic rings. The number of carboxylic acid groups (broad SMARTS) is 1. The zero-order valence-electron chi connectivity index (χ0n) is 12.5. The van der Waals surface area contributed by atoms with Crippen LogP contribution >= 0.6 is 0 Å². The molecule has 0 bridgehead atoms. The van der Waals surface area contributed by atoms with Crippen molar-refractivity contribution < 1.29 is 37.7 Å². The Hall–Kier alpha value is -1.51. The molecule has 9 heteroatoms. The van der Waals surface area contributed by atoms with Gasteiger partial charge in [0.25, 0.3) is 0 Å². The first-order valence-electron chi connectivity index (χ1n) is 6.75. The molecule has 1 amide bonds. The van der Waals surface area contributed by atoms with E-state index in [0.717, 1.165) is 0 Å². The van der Waals surface area contributed by atoms with Crippen LogP contribution in [0.5, 0.6) is 0 Å². The Morgan fingerprint density at radius 2 is 1.86 bits per heavy atom. The second kappa shape index (κ2) is 5.94. The molecule has 3 N–H and O–H groups in total. The maximum atomic E-state index is 12.7. The van der Waals surface area contributed by atoms with E-state index in [0.29, 0.717) is 0 Å². The molecule has 0 aliphatic heterocycles. The Kier molecular flexibility index (Phi) is 5.01. The molecule has 0 saturated heterocycles. The van der Waals surface area contributed by atoms with Gasteiger partial charge in [0.2, 0.25) is 0 Å². The van der Waals surface area contributed by atoms with Crippen LogP contribution in [0.15, 0.2) is 0 Å². The maximum Gasteiger partial charge on any atom is 0.415 e. The van der Waals surface area contributed by atoms with Crippen LogP contribution in [0.2, 0.25) is 0 Å². The number of carbonyl (C=O) groups is 2. The number of nitrogens with one attached hydrogen (secondary N) is 1. The fourth-order valence-corrected chi connectivity index (χ4v) is 2.55. The Morgan fingerprint density at radius 3 is 2.27 bits per heavy atom. The first kappa shape index (κ1) is 18.5. The van der Waals surface area contributed by atoms with E-state index >= 15 is 0 Å². The molecular weight excluding hydrogens is 307 g/mol. The summed E-state index contributed by atoms with van der Waals surface area (Å²) in [6.45, 7) is 4.86. The zero-order chi connectivity index (χ0) is 17.3. The van der Waals surface area contributed by atoms with Crippen molar-refractivity contribution in [2.24, 2.45) is 5.41 Å². The molecular formula is C13H20F3NO5. The van der Waals surface area contributed by atoms with Gasteiger partial charge < -0.3 is 20.3 Å². The van der Waals surface area contributed by atoms with Gasteiger partial charge in [-0.2, -0.15) is 13.2 Å². The van der Waals surface area contributed by atoms with Crippen LogP contribution in [0.3, 0.4) is 0 Å². The van der Waals surface area contributed by atoms with Gasteiger partial charge in [0.15, 0.2) is 6.10 Å². The predicted molar refractivity (Wildman–Crippen MR) is 69.1 cm³/mol. The number of aliphatic carboxylic acids is 1. The number of alkyl carbamates (subject to hydrolysis) is 1. The maximum absolute atomic E-state index is 12.7. The van der Waals surface area contributed by atoms with Gasteiger partial charge in [-0.1, -0.05) is 0 Å². The number of rotatable bonds is 3. The lowest BCUT2D eigenvalue weighted by molar-refractivity contribution is -0.241. The number of carbonyl (C=O) groups excluding carboxylic acids is 1. The van der Waals surface area contributed by atoms with Crippen molar-refractivity contribution in [2.75, 3.05) is 0 Å². The van der Waals surface area contributed by atoms with Gasteiger partial charge in [-0.05, 0) is 40.0 Å². The van der Waals surface area contributed by atoms with Crippen LogP contribution in [-0.2, 0) is 9.53 Å². The molecule has 3 atom stereocenters. The lowest BCUT2D eigenvalue weighted by atomic mass is 9.79. The number of halogens is 3. The summed E-state index contributed by atoms with van der Waals surface area (Å²) in [6.07, 6.45) is -9.74. The van der Waals surface area contributed by atoms with Crippen LogP contribution in [-0.4, -0.2) is 46.2 Å². The average molecular weight is 327 g/mol. The van der Waals surface area contributed by atoms with Gasteiger partial charge in [-0.3, -0.25) is 4.79 Å². The summed E-state index contributed by atoms with van der Waals surface area (Å²) in [4.78, 5) is 22.9. The molecule has 1 aliphatic rings. The van der Waals surface area contributed by atoms with E-state index in [-0.39, 0.29) is 12.8 Å². The normalized spacial score (nSPS) is 27.3. The van der Waals surface area contributed by atoms with Crippen molar-refractivity contribution in [3.63, 3.8) is 0 Å². The van der Waals surface area contributed by atoms with Gasteiger partial charge in [0.1, 0.15) is 11.0 Å². The summed E-state index contributed by atoms with van der Waals surface area (Å²) in [7, 11) is 0. The third-order valence-electron chi connectivity index (χ3n) is 3.53. The number of hydrogen-bond donors (Lipinski definition) is 3. The second-order valence-corrected chi connectivity index (χ2v) is 6.49. The lowest BCUT2D eigenvalue weighted by Crippen LogP contribution is -2.50. The smallest absolute Gasteiger partial charge is 0.415 e. The minimum Gasteiger partial charge on any atom is -0.481 e. The highest BCUT2D eigenvalue weighted by atomic mass is 19.4. The first-order chi connectivity index (χ1) is 9.78. The molecule has 1 saturated carbocycles. The fourth-order valence-electron chi connectivity index (χ4n) is 2.55. The first-order valence-corrected chi connectivity index (χ1v) is 6.75. The van der Waals surface area contributed by atoms with E-state index in [1.165, 1.54) is 0 Å². The van der Waals surface area contributed by atoms with Gasteiger partial charge in [0, 0.05) is 6.04 Å². The van der Waals surface area contributed by atoms with E-state index in [9.17, 15) is 27.9 Å². The van der Waals surface area contributed by atoms with Crippen molar-refractivity contribution in [3.8, 4) is 0 Å². The molecule has 1 fully saturated rings. The number of aliphatic hydroxyl groups is 1. The van der Waals surface area contributed by atoms with Crippen molar-refractivity contribution in [3.05, 3.63) is 0 Å². The molecule has 0 aromatic heterocycles. The molecule has 22 heavy (non-hydrogen) atoms. The number of carboxylic acids is 1. The van der Waals surface area contributed by atoms with Crippen molar-refractivity contribution in [1.82, 2.24) is 5.32 Å². The average Bonchev–Trinajstić information content (AvgIpc) is 2.69. The summed E-state index contributed by atoms with van der Waals surface area (Å²) in [5.41, 5.74) is -3.13. The molecule has 0 spiro atoms. The summed E-state index contributed by atoms with van der Waals surface area (Å²) < 4.78 is 43.1. The van der Waals surface area contributed by atoms with Crippen molar-refractivity contribution in [1.29, 1.82) is 0 Å². The molecule has 0 heterocycles. The molecule has 128 valence electrons. The van der Waals surface area contributed by atoms with Crippen LogP contribution in [0.1, 0.15) is 40.0 Å². The van der Waals surface area contributed by atoms with Crippen molar-refractivity contribution in [2.45, 2.75) is 64.0 Å². The van der Waals surface area contributed by atoms with E-state index in [1.807, 2.05) is 0 Å².